The molecule has 100 valence electrons. The van der Waals surface area contributed by atoms with Crippen LogP contribution in [0.25, 0.3) is 0 Å². The Bertz CT molecular complexity index is 430. The molecule has 0 aromatic carbocycles. The van der Waals surface area contributed by atoms with Gasteiger partial charge in [0.05, 0.1) is 10.0 Å². The van der Waals surface area contributed by atoms with Crippen molar-refractivity contribution in [1.82, 2.24) is 4.98 Å². The molecule has 1 aromatic heterocycles. The van der Waals surface area contributed by atoms with Gasteiger partial charge in [-0.05, 0) is 12.5 Å². The molecule has 0 amide bonds. The number of nitrogens with two attached hydrogens (primary N) is 1. The highest BCUT2D eigenvalue weighted by Gasteiger charge is 2.22. The molecule has 2 rings (SSSR count). The zero-order valence-corrected chi connectivity index (χ0v) is 12.4. The van der Waals surface area contributed by atoms with Crippen LogP contribution in [0, 0.1) is 0 Å². The summed E-state index contributed by atoms with van der Waals surface area (Å²) < 4.78 is 0. The molecule has 18 heavy (non-hydrogen) atoms. The highest BCUT2D eigenvalue weighted by atomic mass is 35.5. The zero-order chi connectivity index (χ0) is 13.1. The molecular weight excluding hydrogens is 291 g/mol. The minimum atomic E-state index is 0.435. The van der Waals surface area contributed by atoms with Gasteiger partial charge in [-0.2, -0.15) is 11.8 Å². The molecule has 0 spiro atoms. The van der Waals surface area contributed by atoms with E-state index >= 15 is 0 Å². The fourth-order valence-corrected chi connectivity index (χ4v) is 3.65. The first-order valence-corrected chi connectivity index (χ1v) is 7.65. The molecule has 7 heteroatoms. The Morgan fingerprint density at radius 1 is 1.56 bits per heavy atom. The molecule has 1 aliphatic rings. The van der Waals surface area contributed by atoms with Crippen LogP contribution >= 0.6 is 35.0 Å². The lowest BCUT2D eigenvalue weighted by atomic mass is 10.3. The normalized spacial score (nSPS) is 20.0. The summed E-state index contributed by atoms with van der Waals surface area (Å²) in [5, 5.41) is 1.63. The van der Waals surface area contributed by atoms with Crippen LogP contribution in [-0.2, 0) is 0 Å². The van der Waals surface area contributed by atoms with Crippen LogP contribution in [0.15, 0.2) is 6.07 Å². The quantitative estimate of drug-likeness (QED) is 0.664. The third kappa shape index (κ3) is 2.96. The average molecular weight is 307 g/mol. The fraction of sp³-hybridized carbons (Fsp3) is 0.545. The third-order valence-corrected chi connectivity index (χ3v) is 4.88. The van der Waals surface area contributed by atoms with Crippen molar-refractivity contribution in [2.24, 2.45) is 5.84 Å². The van der Waals surface area contributed by atoms with Crippen molar-refractivity contribution >= 4 is 46.6 Å². The number of anilines is 2. The van der Waals surface area contributed by atoms with Crippen molar-refractivity contribution in [2.75, 3.05) is 29.2 Å². The van der Waals surface area contributed by atoms with Gasteiger partial charge in [0.1, 0.15) is 5.82 Å². The van der Waals surface area contributed by atoms with E-state index in [4.69, 9.17) is 29.0 Å². The predicted molar refractivity (Wildman–Crippen MR) is 80.8 cm³/mol. The van der Waals surface area contributed by atoms with Crippen molar-refractivity contribution in [3.05, 3.63) is 16.1 Å². The topological polar surface area (TPSA) is 54.2 Å². The Morgan fingerprint density at radius 2 is 2.33 bits per heavy atom. The summed E-state index contributed by atoms with van der Waals surface area (Å²) >= 11 is 14.2. The summed E-state index contributed by atoms with van der Waals surface area (Å²) in [5.41, 5.74) is 2.49. The molecule has 0 aliphatic carbocycles. The Labute approximate surface area is 121 Å². The summed E-state index contributed by atoms with van der Waals surface area (Å²) in [6, 6.07) is 1.68. The zero-order valence-electron chi connectivity index (χ0n) is 10.1. The second-order valence-electron chi connectivity index (χ2n) is 4.12. The molecule has 2 heterocycles. The summed E-state index contributed by atoms with van der Waals surface area (Å²) in [6.07, 6.45) is 1.15. The SMILES string of the molecule is CCC1CN(c2nc(NN)c(Cl)cc2Cl)CCS1. The van der Waals surface area contributed by atoms with E-state index in [0.29, 0.717) is 21.1 Å². The first-order chi connectivity index (χ1) is 8.65. The van der Waals surface area contributed by atoms with Crippen LogP contribution in [-0.4, -0.2) is 29.1 Å². The number of nitrogens with one attached hydrogen (secondary N) is 1. The first-order valence-electron chi connectivity index (χ1n) is 5.85. The number of hydrogen-bond donors (Lipinski definition) is 2. The molecule has 1 aromatic rings. The summed E-state index contributed by atoms with van der Waals surface area (Å²) in [6.45, 7) is 4.10. The summed E-state index contributed by atoms with van der Waals surface area (Å²) in [7, 11) is 0. The van der Waals surface area contributed by atoms with Crippen LogP contribution in [0.2, 0.25) is 10.0 Å². The van der Waals surface area contributed by atoms with Gasteiger partial charge in [0.25, 0.3) is 0 Å². The standard InChI is InChI=1S/C11H16Cl2N4S/c1-2-7-6-17(3-4-18-7)11-9(13)5-8(12)10(15-11)16-14/h5,7H,2-4,6,14H2,1H3,(H,15,16). The van der Waals surface area contributed by atoms with Crippen LogP contribution in [0.4, 0.5) is 11.6 Å². The van der Waals surface area contributed by atoms with Gasteiger partial charge in [-0.25, -0.2) is 10.8 Å². The number of aromatic nitrogens is 1. The van der Waals surface area contributed by atoms with E-state index in [9.17, 15) is 0 Å². The van der Waals surface area contributed by atoms with E-state index in [2.05, 4.69) is 22.2 Å². The van der Waals surface area contributed by atoms with Crippen molar-refractivity contribution < 1.29 is 0 Å². The van der Waals surface area contributed by atoms with E-state index < -0.39 is 0 Å². The number of thioether (sulfide) groups is 1. The molecule has 1 unspecified atom stereocenters. The van der Waals surface area contributed by atoms with Crippen LogP contribution < -0.4 is 16.2 Å². The molecule has 0 saturated carbocycles. The van der Waals surface area contributed by atoms with Gasteiger partial charge in [0, 0.05) is 24.1 Å². The minimum absolute atomic E-state index is 0.435. The number of hydrazine groups is 1. The summed E-state index contributed by atoms with van der Waals surface area (Å²) in [4.78, 5) is 6.60. The minimum Gasteiger partial charge on any atom is -0.353 e. The molecule has 4 nitrogen and oxygen atoms in total. The second-order valence-corrected chi connectivity index (χ2v) is 6.34. The van der Waals surface area contributed by atoms with Crippen molar-refractivity contribution in [3.8, 4) is 0 Å². The Hall–Kier alpha value is -0.360. The molecular formula is C11H16Cl2N4S. The molecule has 0 bridgehead atoms. The lowest BCUT2D eigenvalue weighted by Gasteiger charge is -2.33. The van der Waals surface area contributed by atoms with Gasteiger partial charge in [0.15, 0.2) is 5.82 Å². The van der Waals surface area contributed by atoms with Gasteiger partial charge in [-0.15, -0.1) is 0 Å². The molecule has 0 radical (unpaired) electrons. The lowest BCUT2D eigenvalue weighted by Crippen LogP contribution is -2.38. The number of nitrogen functional groups attached to an aromatic ring is 1. The summed E-state index contributed by atoms with van der Waals surface area (Å²) in [5.74, 6) is 7.70. The Kier molecular flexibility index (Phi) is 4.84. The molecule has 1 atom stereocenters. The number of pyridine rings is 1. The van der Waals surface area contributed by atoms with Crippen LogP contribution in [0.5, 0.6) is 0 Å². The molecule has 3 N–H and O–H groups in total. The highest BCUT2D eigenvalue weighted by Crippen LogP contribution is 2.33. The number of nitrogens with zero attached hydrogens (tertiary/aromatic N) is 2. The van der Waals surface area contributed by atoms with Gasteiger partial charge in [-0.3, -0.25) is 0 Å². The van der Waals surface area contributed by atoms with E-state index in [0.717, 1.165) is 31.1 Å². The maximum atomic E-state index is 6.22. The fourth-order valence-electron chi connectivity index (χ4n) is 1.94. The number of halogens is 2. The highest BCUT2D eigenvalue weighted by molar-refractivity contribution is 8.00. The van der Waals surface area contributed by atoms with Gasteiger partial charge in [0.2, 0.25) is 0 Å². The predicted octanol–water partition coefficient (Wildman–Crippen LogP) is 3.01. The lowest BCUT2D eigenvalue weighted by molar-refractivity contribution is 0.720. The maximum Gasteiger partial charge on any atom is 0.161 e. The molecule has 1 saturated heterocycles. The van der Waals surface area contributed by atoms with Gasteiger partial charge in [-0.1, -0.05) is 30.1 Å². The largest absolute Gasteiger partial charge is 0.353 e. The maximum absolute atomic E-state index is 6.22. The van der Waals surface area contributed by atoms with E-state index in [-0.39, 0.29) is 0 Å². The third-order valence-electron chi connectivity index (χ3n) is 2.94. The van der Waals surface area contributed by atoms with Crippen molar-refractivity contribution in [3.63, 3.8) is 0 Å². The van der Waals surface area contributed by atoms with Crippen molar-refractivity contribution in [1.29, 1.82) is 0 Å². The smallest absolute Gasteiger partial charge is 0.161 e. The van der Waals surface area contributed by atoms with Gasteiger partial charge >= 0.3 is 0 Å². The van der Waals surface area contributed by atoms with Crippen LogP contribution in [0.1, 0.15) is 13.3 Å². The Balaban J connectivity index is 2.26. The number of hydrogen-bond acceptors (Lipinski definition) is 5. The van der Waals surface area contributed by atoms with E-state index in [1.54, 1.807) is 6.07 Å². The van der Waals surface area contributed by atoms with Crippen LogP contribution in [0.3, 0.4) is 0 Å². The monoisotopic (exact) mass is 306 g/mol. The van der Waals surface area contributed by atoms with E-state index in [1.165, 1.54) is 0 Å². The van der Waals surface area contributed by atoms with Crippen molar-refractivity contribution in [2.45, 2.75) is 18.6 Å². The first kappa shape index (κ1) is 14.1. The average Bonchev–Trinajstić information content (AvgIpc) is 2.39. The Morgan fingerprint density at radius 3 is 3.00 bits per heavy atom. The number of rotatable bonds is 3. The second kappa shape index (κ2) is 6.19. The molecule has 1 fully saturated rings. The molecule has 1 aliphatic heterocycles. The van der Waals surface area contributed by atoms with E-state index in [1.807, 2.05) is 11.8 Å². The van der Waals surface area contributed by atoms with Gasteiger partial charge < -0.3 is 10.3 Å².